The molecule has 9 heteroatoms. The van der Waals surface area contributed by atoms with Gasteiger partial charge in [0.15, 0.2) is 5.78 Å². The van der Waals surface area contributed by atoms with Gasteiger partial charge in [-0.05, 0) is 117 Å². The van der Waals surface area contributed by atoms with Crippen molar-refractivity contribution in [3.63, 3.8) is 0 Å². The molecule has 6 rings (SSSR count). The van der Waals surface area contributed by atoms with Crippen molar-refractivity contribution in [1.82, 2.24) is 14.9 Å². The summed E-state index contributed by atoms with van der Waals surface area (Å²) in [4.78, 5) is 56.3. The summed E-state index contributed by atoms with van der Waals surface area (Å²) in [5.41, 5.74) is 0.815. The molecule has 4 fully saturated rings. The maximum absolute atomic E-state index is 13.8. The van der Waals surface area contributed by atoms with E-state index in [0.717, 1.165) is 56.9 Å². The van der Waals surface area contributed by atoms with E-state index in [1.807, 2.05) is 7.05 Å². The number of fused-ring (bicyclic) bond motifs is 7. The largest absolute Gasteiger partial charge is 0.481 e. The molecule has 48 heavy (non-hydrogen) atoms. The summed E-state index contributed by atoms with van der Waals surface area (Å²) >= 11 is 0. The second-order valence-corrected chi connectivity index (χ2v) is 18.2. The Morgan fingerprint density at radius 3 is 2.33 bits per heavy atom. The molecule has 0 radical (unpaired) electrons. The van der Waals surface area contributed by atoms with E-state index >= 15 is 0 Å². The van der Waals surface area contributed by atoms with E-state index in [0.29, 0.717) is 29.9 Å². The number of ketones is 1. The molecule has 2 N–H and O–H groups in total. The normalized spacial score (nSPS) is 37.3. The van der Waals surface area contributed by atoms with E-state index in [1.54, 1.807) is 30.9 Å². The third kappa shape index (κ3) is 5.19. The van der Waals surface area contributed by atoms with Gasteiger partial charge in [0.2, 0.25) is 0 Å². The van der Waals surface area contributed by atoms with Gasteiger partial charge in [-0.3, -0.25) is 19.2 Å². The van der Waals surface area contributed by atoms with Crippen LogP contribution >= 0.6 is 0 Å². The van der Waals surface area contributed by atoms with Crippen LogP contribution < -0.4 is 5.32 Å². The van der Waals surface area contributed by atoms with Gasteiger partial charge < -0.3 is 19.7 Å². The summed E-state index contributed by atoms with van der Waals surface area (Å²) in [5, 5.41) is 13.0. The summed E-state index contributed by atoms with van der Waals surface area (Å²) in [5.74, 6) is 0.277. The SMILES string of the molecule is CC(C)C1=C2C3CCC4C(C)(CCC5C(C)(C)C(OC(=O)CC(C)(C)C(=O)O)CCC54C)C3CCC2(NC(=O)c2cncn2C)CC1=O. The standard InChI is InChI=1S/C39H57N3O6/c1-22(2)31-26(43)18-39(41-33(45)25-20-40-21-42(25)9)17-12-24-23(32(31)39)10-11-28-37(24,7)15-13-27-36(5,6)29(14-16-38(27,28)8)48-30(44)19-35(3,4)34(46)47/h20-24,27-29H,10-19H2,1-9H3,(H,41,45)(H,46,47). The first-order valence-electron chi connectivity index (χ1n) is 18.3. The van der Waals surface area contributed by atoms with Crippen LogP contribution in [0.2, 0.25) is 0 Å². The quantitative estimate of drug-likeness (QED) is 0.304. The van der Waals surface area contributed by atoms with Crippen molar-refractivity contribution in [2.45, 2.75) is 131 Å². The number of amides is 1. The number of hydrogen-bond acceptors (Lipinski definition) is 6. The monoisotopic (exact) mass is 663 g/mol. The lowest BCUT2D eigenvalue weighted by atomic mass is 9.37. The molecule has 5 aliphatic rings. The molecule has 5 aliphatic carbocycles. The maximum atomic E-state index is 13.8. The maximum Gasteiger partial charge on any atom is 0.309 e. The average Bonchev–Trinajstić information content (AvgIpc) is 3.53. The molecule has 1 aromatic rings. The molecule has 1 aromatic heterocycles. The molecule has 0 bridgehead atoms. The Morgan fingerprint density at radius 2 is 1.71 bits per heavy atom. The Hall–Kier alpha value is -2.97. The number of imidazole rings is 1. The highest BCUT2D eigenvalue weighted by Crippen LogP contribution is 2.72. The van der Waals surface area contributed by atoms with Crippen LogP contribution in [0.5, 0.6) is 0 Å². The summed E-state index contributed by atoms with van der Waals surface area (Å²) in [6.07, 6.45) is 10.9. The third-order valence-electron chi connectivity index (χ3n) is 14.4. The highest BCUT2D eigenvalue weighted by Gasteiger charge is 2.67. The molecule has 8 unspecified atom stereocenters. The van der Waals surface area contributed by atoms with Gasteiger partial charge in [-0.1, -0.05) is 41.5 Å². The van der Waals surface area contributed by atoms with Crippen LogP contribution in [0.15, 0.2) is 23.7 Å². The number of carboxylic acid groups (broad SMARTS) is 1. The molecule has 0 saturated heterocycles. The van der Waals surface area contributed by atoms with Gasteiger partial charge in [0.05, 0.1) is 29.9 Å². The first-order valence-corrected chi connectivity index (χ1v) is 18.3. The number of esters is 1. The van der Waals surface area contributed by atoms with Crippen LogP contribution in [-0.2, 0) is 26.2 Å². The van der Waals surface area contributed by atoms with E-state index in [2.05, 4.69) is 51.8 Å². The zero-order valence-electron chi connectivity index (χ0n) is 30.6. The fourth-order valence-electron chi connectivity index (χ4n) is 12.1. The molecule has 0 aromatic carbocycles. The molecule has 0 aliphatic heterocycles. The number of carbonyl (C=O) groups excluding carboxylic acids is 3. The van der Waals surface area contributed by atoms with Crippen molar-refractivity contribution in [2.75, 3.05) is 0 Å². The number of carbonyl (C=O) groups is 4. The zero-order valence-corrected chi connectivity index (χ0v) is 30.6. The molecule has 1 heterocycles. The van der Waals surface area contributed by atoms with Gasteiger partial charge in [-0.25, -0.2) is 4.98 Å². The van der Waals surface area contributed by atoms with E-state index in [-0.39, 0.29) is 52.3 Å². The van der Waals surface area contributed by atoms with Gasteiger partial charge >= 0.3 is 11.9 Å². The highest BCUT2D eigenvalue weighted by molar-refractivity contribution is 6.03. The van der Waals surface area contributed by atoms with Gasteiger partial charge in [0.1, 0.15) is 11.8 Å². The van der Waals surface area contributed by atoms with Gasteiger partial charge in [-0.15, -0.1) is 0 Å². The van der Waals surface area contributed by atoms with Crippen LogP contribution in [-0.4, -0.2) is 49.9 Å². The molecule has 264 valence electrons. The van der Waals surface area contributed by atoms with Crippen LogP contribution in [0.1, 0.15) is 130 Å². The van der Waals surface area contributed by atoms with Gasteiger partial charge in [0.25, 0.3) is 5.91 Å². The lowest BCUT2D eigenvalue weighted by Crippen LogP contribution is -2.64. The molecule has 4 saturated carbocycles. The fourth-order valence-corrected chi connectivity index (χ4v) is 12.1. The number of hydrogen-bond donors (Lipinski definition) is 2. The van der Waals surface area contributed by atoms with E-state index in [1.165, 1.54) is 5.57 Å². The Morgan fingerprint density at radius 1 is 1.02 bits per heavy atom. The van der Waals surface area contributed by atoms with Crippen LogP contribution in [0.3, 0.4) is 0 Å². The third-order valence-corrected chi connectivity index (χ3v) is 14.4. The number of rotatable bonds is 7. The van der Waals surface area contributed by atoms with Gasteiger partial charge in [-0.2, -0.15) is 0 Å². The van der Waals surface area contributed by atoms with Crippen LogP contribution in [0.25, 0.3) is 0 Å². The average molecular weight is 664 g/mol. The summed E-state index contributed by atoms with van der Waals surface area (Å²) in [7, 11) is 1.82. The Kier molecular flexibility index (Phi) is 8.39. The number of nitrogens with zero attached hydrogens (tertiary/aromatic N) is 2. The second-order valence-electron chi connectivity index (χ2n) is 18.2. The molecular formula is C39H57N3O6. The molecule has 1 amide bonds. The number of carboxylic acids is 1. The molecule has 9 nitrogen and oxygen atoms in total. The fraction of sp³-hybridized carbons (Fsp3) is 0.769. The molecule has 8 atom stereocenters. The number of Topliss-reactive ketones (excluding diaryl/α,β-unsaturated/α-hetero) is 1. The number of aromatic nitrogens is 2. The number of aliphatic carboxylic acids is 1. The summed E-state index contributed by atoms with van der Waals surface area (Å²) < 4.78 is 7.86. The number of nitrogens with one attached hydrogen (secondary N) is 1. The Labute approximate surface area is 286 Å². The van der Waals surface area contributed by atoms with Crippen molar-refractivity contribution < 1.29 is 29.0 Å². The van der Waals surface area contributed by atoms with Crippen LogP contribution in [0.4, 0.5) is 0 Å². The summed E-state index contributed by atoms with van der Waals surface area (Å²) in [6, 6.07) is 0. The Balaban J connectivity index is 1.27. The number of allylic oxidation sites excluding steroid dienone is 1. The smallest absolute Gasteiger partial charge is 0.309 e. The van der Waals surface area contributed by atoms with Gasteiger partial charge in [0, 0.05) is 18.9 Å². The van der Waals surface area contributed by atoms with Crippen molar-refractivity contribution in [1.29, 1.82) is 0 Å². The van der Waals surface area contributed by atoms with Crippen LogP contribution in [0, 0.1) is 51.2 Å². The predicted octanol–water partition coefficient (Wildman–Crippen LogP) is 6.91. The van der Waals surface area contributed by atoms with Crippen molar-refractivity contribution in [3.05, 3.63) is 29.4 Å². The first kappa shape index (κ1) is 34.9. The summed E-state index contributed by atoms with van der Waals surface area (Å²) in [6.45, 7) is 16.9. The predicted molar refractivity (Wildman–Crippen MR) is 182 cm³/mol. The van der Waals surface area contributed by atoms with Crippen molar-refractivity contribution in [3.8, 4) is 0 Å². The Bertz CT molecular complexity index is 1550. The minimum absolute atomic E-state index is 0.0771. The molecule has 0 spiro atoms. The lowest BCUT2D eigenvalue weighted by Gasteiger charge is -2.68. The highest BCUT2D eigenvalue weighted by atomic mass is 16.5. The first-order chi connectivity index (χ1) is 22.3. The lowest BCUT2D eigenvalue weighted by molar-refractivity contribution is -0.213. The second kappa shape index (κ2) is 11.5. The van der Waals surface area contributed by atoms with Crippen molar-refractivity contribution in [2.24, 2.45) is 58.3 Å². The minimum Gasteiger partial charge on any atom is -0.481 e. The van der Waals surface area contributed by atoms with E-state index < -0.39 is 22.9 Å². The zero-order chi connectivity index (χ0) is 35.2. The van der Waals surface area contributed by atoms with E-state index in [4.69, 9.17) is 4.74 Å². The van der Waals surface area contributed by atoms with E-state index in [9.17, 15) is 24.3 Å². The topological polar surface area (TPSA) is 128 Å². The molecular weight excluding hydrogens is 606 g/mol. The minimum atomic E-state index is -1.16. The van der Waals surface area contributed by atoms with Crippen molar-refractivity contribution >= 4 is 23.6 Å². The number of aryl methyl sites for hydroxylation is 1. The number of ether oxygens (including phenoxy) is 1.